The lowest BCUT2D eigenvalue weighted by Crippen LogP contribution is -2.57. The molecule has 0 aromatic heterocycles. The van der Waals surface area contributed by atoms with E-state index in [0.29, 0.717) is 5.41 Å². The monoisotopic (exact) mass is 255 g/mol. The highest BCUT2D eigenvalue weighted by molar-refractivity contribution is 4.87. The van der Waals surface area contributed by atoms with Crippen molar-refractivity contribution >= 4 is 0 Å². The molecule has 3 heteroatoms. The smallest absolute Gasteiger partial charge is 0.0281 e. The molecule has 0 radical (unpaired) electrons. The fourth-order valence-corrected chi connectivity index (χ4v) is 2.64. The lowest BCUT2D eigenvalue weighted by molar-refractivity contribution is 0.0683. The first-order chi connectivity index (χ1) is 8.21. The van der Waals surface area contributed by atoms with Crippen LogP contribution in [0.25, 0.3) is 0 Å². The van der Waals surface area contributed by atoms with Crippen molar-refractivity contribution in [1.82, 2.24) is 15.1 Å². The fourth-order valence-electron chi connectivity index (χ4n) is 2.64. The molecular formula is C15H33N3. The third-order valence-corrected chi connectivity index (χ3v) is 3.87. The van der Waals surface area contributed by atoms with Crippen LogP contribution in [0.5, 0.6) is 0 Å². The Hall–Kier alpha value is -0.120. The molecule has 1 fully saturated rings. The number of nitrogens with one attached hydrogen (secondary N) is 1. The van der Waals surface area contributed by atoms with Crippen LogP contribution in [-0.2, 0) is 0 Å². The Balaban J connectivity index is 2.38. The van der Waals surface area contributed by atoms with E-state index in [9.17, 15) is 0 Å². The summed E-state index contributed by atoms with van der Waals surface area (Å²) < 4.78 is 0. The largest absolute Gasteiger partial charge is 0.314 e. The van der Waals surface area contributed by atoms with Gasteiger partial charge in [0, 0.05) is 38.3 Å². The summed E-state index contributed by atoms with van der Waals surface area (Å²) in [7, 11) is 2.26. The fraction of sp³-hybridized carbons (Fsp3) is 1.00. The summed E-state index contributed by atoms with van der Waals surface area (Å²) in [4.78, 5) is 5.12. The molecule has 18 heavy (non-hydrogen) atoms. The van der Waals surface area contributed by atoms with Crippen LogP contribution in [0.1, 0.15) is 41.0 Å². The van der Waals surface area contributed by atoms with E-state index in [1.165, 1.54) is 26.1 Å². The Morgan fingerprint density at radius 1 is 1.06 bits per heavy atom. The van der Waals surface area contributed by atoms with Crippen LogP contribution in [0.3, 0.4) is 0 Å². The van der Waals surface area contributed by atoms with Crippen molar-refractivity contribution in [3.8, 4) is 0 Å². The van der Waals surface area contributed by atoms with Gasteiger partial charge in [0.15, 0.2) is 0 Å². The van der Waals surface area contributed by atoms with Crippen LogP contribution >= 0.6 is 0 Å². The van der Waals surface area contributed by atoms with E-state index < -0.39 is 0 Å². The van der Waals surface area contributed by atoms with Crippen molar-refractivity contribution in [3.63, 3.8) is 0 Å². The predicted molar refractivity (Wildman–Crippen MR) is 80.1 cm³/mol. The number of piperazine rings is 1. The Bertz CT molecular complexity index is 237. The average molecular weight is 255 g/mol. The van der Waals surface area contributed by atoms with Crippen LogP contribution in [0.4, 0.5) is 0 Å². The van der Waals surface area contributed by atoms with Gasteiger partial charge in [0.25, 0.3) is 0 Å². The maximum Gasteiger partial charge on any atom is 0.0281 e. The molecule has 1 N–H and O–H groups in total. The maximum absolute atomic E-state index is 3.43. The highest BCUT2D eigenvalue weighted by atomic mass is 15.3. The van der Waals surface area contributed by atoms with E-state index in [0.717, 1.165) is 19.6 Å². The molecule has 1 aliphatic rings. The Labute approximate surface area is 114 Å². The molecule has 0 spiro atoms. The van der Waals surface area contributed by atoms with Crippen molar-refractivity contribution in [1.29, 1.82) is 0 Å². The Morgan fingerprint density at radius 3 is 2.11 bits per heavy atom. The molecule has 108 valence electrons. The van der Waals surface area contributed by atoms with Gasteiger partial charge < -0.3 is 10.2 Å². The van der Waals surface area contributed by atoms with Gasteiger partial charge in [-0.15, -0.1) is 0 Å². The third-order valence-electron chi connectivity index (χ3n) is 3.87. The van der Waals surface area contributed by atoms with Crippen molar-refractivity contribution in [2.75, 3.05) is 46.3 Å². The van der Waals surface area contributed by atoms with Crippen molar-refractivity contribution < 1.29 is 0 Å². The summed E-state index contributed by atoms with van der Waals surface area (Å²) >= 11 is 0. The zero-order valence-corrected chi connectivity index (χ0v) is 13.3. The summed E-state index contributed by atoms with van der Waals surface area (Å²) in [5.41, 5.74) is 0.724. The van der Waals surface area contributed by atoms with Gasteiger partial charge in [-0.3, -0.25) is 4.90 Å². The summed E-state index contributed by atoms with van der Waals surface area (Å²) in [5.74, 6) is 0. The van der Waals surface area contributed by atoms with Gasteiger partial charge in [0.05, 0.1) is 0 Å². The normalized spacial score (nSPS) is 19.5. The minimum Gasteiger partial charge on any atom is -0.314 e. The second-order valence-corrected chi connectivity index (χ2v) is 7.60. The zero-order valence-electron chi connectivity index (χ0n) is 13.3. The molecule has 0 saturated carbocycles. The molecule has 0 atom stereocenters. The van der Waals surface area contributed by atoms with Gasteiger partial charge in [0.2, 0.25) is 0 Å². The predicted octanol–water partition coefficient (Wildman–Crippen LogP) is 2.04. The van der Waals surface area contributed by atoms with E-state index in [2.05, 4.69) is 56.8 Å². The topological polar surface area (TPSA) is 18.5 Å². The molecule has 0 amide bonds. The molecule has 1 aliphatic heterocycles. The number of likely N-dealkylation sites (N-methyl/N-ethyl adjacent to an activating group) is 1. The van der Waals surface area contributed by atoms with Gasteiger partial charge in [-0.05, 0) is 39.3 Å². The summed E-state index contributed by atoms with van der Waals surface area (Å²) in [5, 5.41) is 3.43. The molecule has 1 rings (SSSR count). The molecule has 0 aromatic rings. The van der Waals surface area contributed by atoms with Gasteiger partial charge in [-0.25, -0.2) is 0 Å². The molecule has 3 nitrogen and oxygen atoms in total. The van der Waals surface area contributed by atoms with Gasteiger partial charge in [-0.2, -0.15) is 0 Å². The first-order valence-electron chi connectivity index (χ1n) is 7.35. The standard InChI is InChI=1S/C15H33N3/c1-14(2,3)7-10-17(6)13-15(4,5)18-11-8-16-9-12-18/h16H,7-13H2,1-6H3. The van der Waals surface area contributed by atoms with Gasteiger partial charge in [-0.1, -0.05) is 20.8 Å². The minimum absolute atomic E-state index is 0.286. The summed E-state index contributed by atoms with van der Waals surface area (Å²) in [6, 6.07) is 0. The molecule has 0 aromatic carbocycles. The summed E-state index contributed by atoms with van der Waals surface area (Å²) in [6.07, 6.45) is 1.27. The van der Waals surface area contributed by atoms with Crippen LogP contribution in [-0.4, -0.2) is 61.7 Å². The molecule has 0 unspecified atom stereocenters. The van der Waals surface area contributed by atoms with Gasteiger partial charge >= 0.3 is 0 Å². The minimum atomic E-state index is 0.286. The lowest BCUT2D eigenvalue weighted by atomic mass is 9.92. The SMILES string of the molecule is CN(CCC(C)(C)C)CC(C)(C)N1CCNCC1. The van der Waals surface area contributed by atoms with Crippen LogP contribution < -0.4 is 5.32 Å². The van der Waals surface area contributed by atoms with Crippen LogP contribution in [0.15, 0.2) is 0 Å². The number of hydrogen-bond acceptors (Lipinski definition) is 3. The van der Waals surface area contributed by atoms with Crippen LogP contribution in [0, 0.1) is 5.41 Å². The highest BCUT2D eigenvalue weighted by Gasteiger charge is 2.29. The van der Waals surface area contributed by atoms with Crippen molar-refractivity contribution in [3.05, 3.63) is 0 Å². The Morgan fingerprint density at radius 2 is 1.61 bits per heavy atom. The van der Waals surface area contributed by atoms with Crippen LogP contribution in [0.2, 0.25) is 0 Å². The molecule has 0 aliphatic carbocycles. The first kappa shape index (κ1) is 15.9. The van der Waals surface area contributed by atoms with E-state index in [1.54, 1.807) is 0 Å². The second-order valence-electron chi connectivity index (χ2n) is 7.60. The van der Waals surface area contributed by atoms with E-state index >= 15 is 0 Å². The molecular weight excluding hydrogens is 222 g/mol. The number of rotatable bonds is 5. The molecule has 1 heterocycles. The number of nitrogens with zero attached hydrogens (tertiary/aromatic N) is 2. The number of hydrogen-bond donors (Lipinski definition) is 1. The average Bonchev–Trinajstić information content (AvgIpc) is 2.26. The lowest BCUT2D eigenvalue weighted by Gasteiger charge is -2.43. The first-order valence-corrected chi connectivity index (χ1v) is 7.35. The maximum atomic E-state index is 3.43. The van der Waals surface area contributed by atoms with E-state index in [4.69, 9.17) is 0 Å². The quantitative estimate of drug-likeness (QED) is 0.811. The molecule has 0 bridgehead atoms. The van der Waals surface area contributed by atoms with E-state index in [1.807, 2.05) is 0 Å². The summed E-state index contributed by atoms with van der Waals surface area (Å²) in [6.45, 7) is 18.7. The second kappa shape index (κ2) is 6.36. The zero-order chi connectivity index (χ0) is 13.8. The van der Waals surface area contributed by atoms with Gasteiger partial charge in [0.1, 0.15) is 0 Å². The Kier molecular flexibility index (Phi) is 5.63. The third kappa shape index (κ3) is 5.68. The highest BCUT2D eigenvalue weighted by Crippen LogP contribution is 2.20. The van der Waals surface area contributed by atoms with E-state index in [-0.39, 0.29) is 5.54 Å². The molecule has 1 saturated heterocycles. The van der Waals surface area contributed by atoms with Crippen molar-refractivity contribution in [2.24, 2.45) is 5.41 Å². The van der Waals surface area contributed by atoms with Crippen molar-refractivity contribution in [2.45, 2.75) is 46.6 Å².